The van der Waals surface area contributed by atoms with Gasteiger partial charge in [-0.1, -0.05) is 47.1 Å². The van der Waals surface area contributed by atoms with Crippen LogP contribution in [-0.4, -0.2) is 16.1 Å². The van der Waals surface area contributed by atoms with Crippen LogP contribution in [-0.2, 0) is 4.79 Å². The van der Waals surface area contributed by atoms with Crippen molar-refractivity contribution in [3.63, 3.8) is 0 Å². The summed E-state index contributed by atoms with van der Waals surface area (Å²) in [5.74, 6) is -0.483. The molecule has 1 aliphatic heterocycles. The Hall–Kier alpha value is -3.07. The molecular weight excluding hydrogens is 468 g/mol. The summed E-state index contributed by atoms with van der Waals surface area (Å²) >= 11 is 7.96. The minimum atomic E-state index is -0.483. The number of benzene rings is 3. The number of nitro groups is 1. The van der Waals surface area contributed by atoms with E-state index >= 15 is 0 Å². The second-order valence-electron chi connectivity index (χ2n) is 6.89. The highest BCUT2D eigenvalue weighted by atomic mass is 35.5. The van der Waals surface area contributed by atoms with Crippen LogP contribution >= 0.6 is 35.1 Å². The number of imide groups is 1. The molecule has 2 amide bonds. The average molecular weight is 483 g/mol. The van der Waals surface area contributed by atoms with Crippen LogP contribution in [0.3, 0.4) is 0 Å². The maximum Gasteiger partial charge on any atom is 0.298 e. The van der Waals surface area contributed by atoms with Crippen LogP contribution in [0.15, 0.2) is 81.4 Å². The van der Waals surface area contributed by atoms with Gasteiger partial charge in [-0.25, -0.2) is 4.90 Å². The quantitative estimate of drug-likeness (QED) is 0.222. The SMILES string of the molecule is Cc1ccc(Sc2ccc(/C=C3/SC(=O)N(c4ccc(Cl)cc4)C3=O)cc2[N+](=O)[O-])cc1. The first-order chi connectivity index (χ1) is 15.3. The van der Waals surface area contributed by atoms with Gasteiger partial charge in [0, 0.05) is 16.0 Å². The fourth-order valence-corrected chi connectivity index (χ4v) is 4.89. The molecule has 0 N–H and O–H groups in total. The lowest BCUT2D eigenvalue weighted by molar-refractivity contribution is -0.387. The van der Waals surface area contributed by atoms with Gasteiger partial charge in [-0.2, -0.15) is 0 Å². The van der Waals surface area contributed by atoms with Crippen LogP contribution in [0.2, 0.25) is 5.02 Å². The molecule has 0 unspecified atom stereocenters. The van der Waals surface area contributed by atoms with Crippen LogP contribution in [0, 0.1) is 17.0 Å². The molecule has 0 saturated carbocycles. The van der Waals surface area contributed by atoms with Crippen molar-refractivity contribution in [2.24, 2.45) is 0 Å². The number of amides is 2. The normalized spacial score (nSPS) is 14.9. The topological polar surface area (TPSA) is 80.5 Å². The smallest absolute Gasteiger partial charge is 0.268 e. The first kappa shape index (κ1) is 22.1. The van der Waals surface area contributed by atoms with Crippen molar-refractivity contribution in [1.82, 2.24) is 0 Å². The highest BCUT2D eigenvalue weighted by molar-refractivity contribution is 8.19. The van der Waals surface area contributed by atoms with Gasteiger partial charge in [0.1, 0.15) is 0 Å². The van der Waals surface area contributed by atoms with Crippen molar-refractivity contribution in [1.29, 1.82) is 0 Å². The number of carbonyl (C=O) groups excluding carboxylic acids is 2. The molecule has 1 fully saturated rings. The summed E-state index contributed by atoms with van der Waals surface area (Å²) in [4.78, 5) is 39.1. The van der Waals surface area contributed by atoms with Crippen molar-refractivity contribution >= 4 is 63.7 Å². The standard InChI is InChI=1S/C23H15ClN2O4S2/c1-14-2-9-18(10-3-14)31-20-11-4-15(12-19(20)26(29)30)13-21-22(27)25(23(28)32-21)17-7-5-16(24)6-8-17/h2-13H,1H3/b21-13+. The molecule has 0 bridgehead atoms. The highest BCUT2D eigenvalue weighted by Gasteiger charge is 2.36. The van der Waals surface area contributed by atoms with Crippen LogP contribution in [0.5, 0.6) is 0 Å². The number of rotatable bonds is 5. The summed E-state index contributed by atoms with van der Waals surface area (Å²) in [5, 5.41) is 11.7. The Kier molecular flexibility index (Phi) is 6.36. The summed E-state index contributed by atoms with van der Waals surface area (Å²) in [6.07, 6.45) is 1.49. The molecule has 0 spiro atoms. The van der Waals surface area contributed by atoms with Gasteiger partial charge in [-0.3, -0.25) is 19.7 Å². The number of hydrogen-bond donors (Lipinski definition) is 0. The van der Waals surface area contributed by atoms with Crippen molar-refractivity contribution in [3.05, 3.63) is 97.9 Å². The lowest BCUT2D eigenvalue weighted by atomic mass is 10.2. The van der Waals surface area contributed by atoms with E-state index in [1.165, 1.54) is 23.9 Å². The Morgan fingerprint density at radius 3 is 2.38 bits per heavy atom. The predicted octanol–water partition coefficient (Wildman–Crippen LogP) is 6.95. The molecule has 1 saturated heterocycles. The van der Waals surface area contributed by atoms with E-state index in [4.69, 9.17) is 11.6 Å². The fourth-order valence-electron chi connectivity index (χ4n) is 3.02. The molecule has 1 heterocycles. The van der Waals surface area contributed by atoms with Crippen LogP contribution in [0.25, 0.3) is 6.08 Å². The second kappa shape index (κ2) is 9.20. The largest absolute Gasteiger partial charge is 0.298 e. The van der Waals surface area contributed by atoms with E-state index in [-0.39, 0.29) is 10.6 Å². The molecule has 1 aliphatic rings. The van der Waals surface area contributed by atoms with Gasteiger partial charge in [-0.05, 0) is 72.8 Å². The van der Waals surface area contributed by atoms with Crippen LogP contribution < -0.4 is 4.90 Å². The number of anilines is 1. The average Bonchev–Trinajstić information content (AvgIpc) is 3.04. The minimum Gasteiger partial charge on any atom is -0.268 e. The van der Waals surface area contributed by atoms with Crippen molar-refractivity contribution < 1.29 is 14.5 Å². The first-order valence-electron chi connectivity index (χ1n) is 9.38. The van der Waals surface area contributed by atoms with Gasteiger partial charge < -0.3 is 0 Å². The zero-order valence-corrected chi connectivity index (χ0v) is 19.0. The number of halogens is 1. The van der Waals surface area contributed by atoms with E-state index in [2.05, 4.69) is 0 Å². The Morgan fingerprint density at radius 2 is 1.72 bits per heavy atom. The molecule has 4 rings (SSSR count). The maximum absolute atomic E-state index is 12.8. The Balaban J connectivity index is 1.62. The molecule has 0 aromatic heterocycles. The molecule has 9 heteroatoms. The molecule has 3 aromatic carbocycles. The summed E-state index contributed by atoms with van der Waals surface area (Å²) in [5.41, 5.74) is 1.91. The lowest BCUT2D eigenvalue weighted by Gasteiger charge is -2.12. The Labute approximate surface area is 197 Å². The summed E-state index contributed by atoms with van der Waals surface area (Å²) in [6, 6.07) is 18.8. The Morgan fingerprint density at radius 1 is 1.03 bits per heavy atom. The maximum atomic E-state index is 12.8. The number of carbonyl (C=O) groups is 2. The number of nitro benzene ring substituents is 1. The molecular formula is C23H15ClN2O4S2. The molecule has 160 valence electrons. The fraction of sp³-hybridized carbons (Fsp3) is 0.0435. The zero-order valence-electron chi connectivity index (χ0n) is 16.7. The molecule has 0 radical (unpaired) electrons. The lowest BCUT2D eigenvalue weighted by Crippen LogP contribution is -2.27. The Bertz CT molecular complexity index is 1260. The third-order valence-electron chi connectivity index (χ3n) is 4.60. The monoisotopic (exact) mass is 482 g/mol. The van der Waals surface area contributed by atoms with E-state index in [0.29, 0.717) is 21.2 Å². The second-order valence-corrected chi connectivity index (χ2v) is 9.44. The van der Waals surface area contributed by atoms with Gasteiger partial charge in [0.15, 0.2) is 0 Å². The number of nitrogens with zero attached hydrogens (tertiary/aromatic N) is 2. The summed E-state index contributed by atoms with van der Waals surface area (Å²) < 4.78 is 0. The molecule has 0 aliphatic carbocycles. The number of thioether (sulfide) groups is 1. The van der Waals surface area contributed by atoms with Crippen LogP contribution in [0.4, 0.5) is 16.2 Å². The van der Waals surface area contributed by atoms with Crippen molar-refractivity contribution in [3.8, 4) is 0 Å². The third kappa shape index (κ3) is 4.72. The van der Waals surface area contributed by atoms with Crippen LogP contribution in [0.1, 0.15) is 11.1 Å². The van der Waals surface area contributed by atoms with Crippen molar-refractivity contribution in [2.75, 3.05) is 4.90 Å². The van der Waals surface area contributed by atoms with E-state index in [1.54, 1.807) is 36.4 Å². The molecule has 0 atom stereocenters. The third-order valence-corrected chi connectivity index (χ3v) is 6.80. The van der Waals surface area contributed by atoms with E-state index < -0.39 is 16.1 Å². The van der Waals surface area contributed by atoms with E-state index in [9.17, 15) is 19.7 Å². The number of aryl methyl sites for hydroxylation is 1. The summed E-state index contributed by atoms with van der Waals surface area (Å²) in [7, 11) is 0. The zero-order chi connectivity index (χ0) is 22.8. The van der Waals surface area contributed by atoms with Crippen molar-refractivity contribution in [2.45, 2.75) is 16.7 Å². The molecule has 32 heavy (non-hydrogen) atoms. The minimum absolute atomic E-state index is 0.0683. The van der Waals surface area contributed by atoms with Gasteiger partial charge >= 0.3 is 0 Å². The summed E-state index contributed by atoms with van der Waals surface area (Å²) in [6.45, 7) is 1.97. The number of hydrogen-bond acceptors (Lipinski definition) is 6. The van der Waals surface area contributed by atoms with Gasteiger partial charge in [0.05, 0.1) is 20.4 Å². The molecule has 6 nitrogen and oxygen atoms in total. The van der Waals surface area contributed by atoms with Gasteiger partial charge in [0.25, 0.3) is 16.8 Å². The van der Waals surface area contributed by atoms with Gasteiger partial charge in [0.2, 0.25) is 0 Å². The highest BCUT2D eigenvalue weighted by Crippen LogP contribution is 2.38. The van der Waals surface area contributed by atoms with E-state index in [1.807, 2.05) is 31.2 Å². The van der Waals surface area contributed by atoms with Gasteiger partial charge in [-0.15, -0.1) is 0 Å². The van der Waals surface area contributed by atoms with E-state index in [0.717, 1.165) is 27.1 Å². The first-order valence-corrected chi connectivity index (χ1v) is 11.4. The predicted molar refractivity (Wildman–Crippen MR) is 128 cm³/mol. The molecule has 3 aromatic rings.